The highest BCUT2D eigenvalue weighted by Crippen LogP contribution is 2.32. The molecule has 0 unspecified atom stereocenters. The third kappa shape index (κ3) is 4.14. The summed E-state index contributed by atoms with van der Waals surface area (Å²) in [6.45, 7) is 6.38. The molecular weight excluding hydrogens is 374 g/mol. The molecule has 0 N–H and O–H groups in total. The normalized spacial score (nSPS) is 21.3. The average molecular weight is 401 g/mol. The highest BCUT2D eigenvalue weighted by Gasteiger charge is 2.41. The molecule has 3 heterocycles. The van der Waals surface area contributed by atoms with E-state index in [2.05, 4.69) is 4.90 Å². The highest BCUT2D eigenvalue weighted by molar-refractivity contribution is 6.35. The van der Waals surface area contributed by atoms with Crippen LogP contribution in [0.25, 0.3) is 5.57 Å². The Morgan fingerprint density at radius 2 is 1.48 bits per heavy atom. The fraction of sp³-hybridized carbons (Fsp3) is 0.524. The molecule has 0 atom stereocenters. The summed E-state index contributed by atoms with van der Waals surface area (Å²) in [6.07, 6.45) is 0. The van der Waals surface area contributed by atoms with E-state index in [0.717, 1.165) is 18.7 Å². The summed E-state index contributed by atoms with van der Waals surface area (Å²) in [5.41, 5.74) is 1.70. The Labute approximate surface area is 170 Å². The van der Waals surface area contributed by atoms with Gasteiger partial charge >= 0.3 is 0 Å². The lowest BCUT2D eigenvalue weighted by molar-refractivity contribution is -0.138. The van der Waals surface area contributed by atoms with E-state index < -0.39 is 0 Å². The minimum atomic E-state index is -0.227. The van der Waals surface area contributed by atoms with E-state index >= 15 is 0 Å². The third-order valence-electron chi connectivity index (χ3n) is 5.59. The predicted molar refractivity (Wildman–Crippen MR) is 106 cm³/mol. The summed E-state index contributed by atoms with van der Waals surface area (Å²) in [5.74, 6) is 0.272. The molecule has 4 rings (SSSR count). The van der Waals surface area contributed by atoms with E-state index in [0.29, 0.717) is 69.6 Å². The summed E-state index contributed by atoms with van der Waals surface area (Å²) in [7, 11) is 1.60. The number of hydrogen-bond acceptors (Lipinski definition) is 7. The van der Waals surface area contributed by atoms with Gasteiger partial charge in [0.1, 0.15) is 11.4 Å². The van der Waals surface area contributed by atoms with Crippen LogP contribution < -0.4 is 4.74 Å². The van der Waals surface area contributed by atoms with Crippen LogP contribution in [0.1, 0.15) is 5.56 Å². The van der Waals surface area contributed by atoms with Crippen molar-refractivity contribution in [1.29, 1.82) is 0 Å². The van der Waals surface area contributed by atoms with Crippen molar-refractivity contribution >= 4 is 17.4 Å². The molecule has 0 spiro atoms. The maximum Gasteiger partial charge on any atom is 0.277 e. The zero-order valence-corrected chi connectivity index (χ0v) is 16.8. The SMILES string of the molecule is COc1ccc(C2=C(N3CCOCC3)C(=O)N(CCN3CCOCC3)C2=O)cc1. The van der Waals surface area contributed by atoms with Crippen LogP contribution >= 0.6 is 0 Å². The second-order valence-corrected chi connectivity index (χ2v) is 7.27. The molecule has 0 bridgehead atoms. The van der Waals surface area contributed by atoms with Gasteiger partial charge in [-0.15, -0.1) is 0 Å². The molecule has 8 nitrogen and oxygen atoms in total. The van der Waals surface area contributed by atoms with E-state index in [1.807, 2.05) is 29.2 Å². The molecule has 0 aromatic heterocycles. The topological polar surface area (TPSA) is 71.6 Å². The first kappa shape index (κ1) is 19.9. The zero-order chi connectivity index (χ0) is 20.2. The van der Waals surface area contributed by atoms with E-state index in [9.17, 15) is 9.59 Å². The Hall–Kier alpha value is -2.42. The molecular formula is C21H27N3O5. The van der Waals surface area contributed by atoms with Crippen molar-refractivity contribution in [3.63, 3.8) is 0 Å². The highest BCUT2D eigenvalue weighted by atomic mass is 16.5. The molecule has 0 radical (unpaired) electrons. The minimum absolute atomic E-state index is 0.212. The molecule has 2 saturated heterocycles. The lowest BCUT2D eigenvalue weighted by Crippen LogP contribution is -2.44. The monoisotopic (exact) mass is 401 g/mol. The van der Waals surface area contributed by atoms with Crippen LogP contribution in [0.3, 0.4) is 0 Å². The van der Waals surface area contributed by atoms with Crippen molar-refractivity contribution in [3.05, 3.63) is 35.5 Å². The molecule has 8 heteroatoms. The van der Waals surface area contributed by atoms with Gasteiger partial charge in [0.25, 0.3) is 11.8 Å². The standard InChI is InChI=1S/C21H27N3O5/c1-27-17-4-2-16(3-5-17)18-19(23-10-14-29-15-11-23)21(26)24(20(18)25)7-6-22-8-12-28-13-9-22/h2-5H,6-15H2,1H3. The van der Waals surface area contributed by atoms with Gasteiger partial charge in [-0.1, -0.05) is 12.1 Å². The molecule has 0 aliphatic carbocycles. The molecule has 2 fully saturated rings. The number of methoxy groups -OCH3 is 1. The fourth-order valence-corrected chi connectivity index (χ4v) is 3.93. The van der Waals surface area contributed by atoms with Crippen LogP contribution in [-0.4, -0.2) is 99.3 Å². The van der Waals surface area contributed by atoms with Gasteiger partial charge in [0.15, 0.2) is 0 Å². The van der Waals surface area contributed by atoms with Gasteiger partial charge < -0.3 is 19.1 Å². The number of carbonyl (C=O) groups excluding carboxylic acids is 2. The van der Waals surface area contributed by atoms with Gasteiger partial charge in [0.2, 0.25) is 0 Å². The Balaban J connectivity index is 1.60. The number of benzene rings is 1. The Morgan fingerprint density at radius 3 is 2.10 bits per heavy atom. The summed E-state index contributed by atoms with van der Waals surface area (Å²) < 4.78 is 16.0. The van der Waals surface area contributed by atoms with Crippen LogP contribution in [0.15, 0.2) is 30.0 Å². The van der Waals surface area contributed by atoms with E-state index in [1.165, 1.54) is 4.90 Å². The van der Waals surface area contributed by atoms with Gasteiger partial charge in [-0.2, -0.15) is 0 Å². The Bertz CT molecular complexity index is 780. The maximum absolute atomic E-state index is 13.3. The van der Waals surface area contributed by atoms with Crippen molar-refractivity contribution in [2.45, 2.75) is 0 Å². The number of nitrogens with zero attached hydrogens (tertiary/aromatic N) is 3. The van der Waals surface area contributed by atoms with Gasteiger partial charge in [-0.05, 0) is 17.7 Å². The van der Waals surface area contributed by atoms with Crippen LogP contribution in [0.4, 0.5) is 0 Å². The van der Waals surface area contributed by atoms with E-state index in [-0.39, 0.29) is 11.8 Å². The molecule has 3 aliphatic rings. The van der Waals surface area contributed by atoms with Crippen LogP contribution in [-0.2, 0) is 19.1 Å². The smallest absolute Gasteiger partial charge is 0.277 e. The largest absolute Gasteiger partial charge is 0.497 e. The summed E-state index contributed by atoms with van der Waals surface area (Å²) >= 11 is 0. The quantitative estimate of drug-likeness (QED) is 0.641. The number of carbonyl (C=O) groups is 2. The van der Waals surface area contributed by atoms with Gasteiger partial charge in [0, 0.05) is 39.3 Å². The van der Waals surface area contributed by atoms with Crippen molar-refractivity contribution < 1.29 is 23.8 Å². The molecule has 1 aromatic rings. The third-order valence-corrected chi connectivity index (χ3v) is 5.59. The number of morpholine rings is 2. The second kappa shape index (κ2) is 8.94. The van der Waals surface area contributed by atoms with Crippen molar-refractivity contribution in [2.24, 2.45) is 0 Å². The van der Waals surface area contributed by atoms with Gasteiger partial charge in [-0.3, -0.25) is 19.4 Å². The number of amides is 2. The first-order valence-electron chi connectivity index (χ1n) is 10.1. The number of rotatable bonds is 6. The van der Waals surface area contributed by atoms with Gasteiger partial charge in [-0.25, -0.2) is 0 Å². The lowest BCUT2D eigenvalue weighted by atomic mass is 10.0. The summed E-state index contributed by atoms with van der Waals surface area (Å²) in [5, 5.41) is 0. The molecule has 1 aromatic carbocycles. The molecule has 2 amide bonds. The first-order valence-corrected chi connectivity index (χ1v) is 10.1. The molecule has 29 heavy (non-hydrogen) atoms. The van der Waals surface area contributed by atoms with Crippen molar-refractivity contribution in [3.8, 4) is 5.75 Å². The Morgan fingerprint density at radius 1 is 0.862 bits per heavy atom. The molecule has 3 aliphatic heterocycles. The number of imide groups is 1. The second-order valence-electron chi connectivity index (χ2n) is 7.27. The molecule has 0 saturated carbocycles. The first-order chi connectivity index (χ1) is 14.2. The summed E-state index contributed by atoms with van der Waals surface area (Å²) in [6, 6.07) is 7.30. The minimum Gasteiger partial charge on any atom is -0.497 e. The average Bonchev–Trinajstić information content (AvgIpc) is 3.03. The van der Waals surface area contributed by atoms with Crippen molar-refractivity contribution in [1.82, 2.24) is 14.7 Å². The summed E-state index contributed by atoms with van der Waals surface area (Å²) in [4.78, 5) is 32.2. The fourth-order valence-electron chi connectivity index (χ4n) is 3.93. The van der Waals surface area contributed by atoms with Crippen LogP contribution in [0, 0.1) is 0 Å². The zero-order valence-electron chi connectivity index (χ0n) is 16.8. The molecule has 156 valence electrons. The maximum atomic E-state index is 13.3. The van der Waals surface area contributed by atoms with E-state index in [4.69, 9.17) is 14.2 Å². The van der Waals surface area contributed by atoms with Crippen LogP contribution in [0.2, 0.25) is 0 Å². The predicted octanol–water partition coefficient (Wildman–Crippen LogP) is 0.440. The van der Waals surface area contributed by atoms with Gasteiger partial charge in [0.05, 0.1) is 39.1 Å². The van der Waals surface area contributed by atoms with Crippen LogP contribution in [0.5, 0.6) is 5.75 Å². The number of ether oxygens (including phenoxy) is 3. The number of hydrogen-bond donors (Lipinski definition) is 0. The Kier molecular flexibility index (Phi) is 6.13. The lowest BCUT2D eigenvalue weighted by Gasteiger charge is -2.30. The van der Waals surface area contributed by atoms with E-state index in [1.54, 1.807) is 7.11 Å². The van der Waals surface area contributed by atoms with Crippen molar-refractivity contribution in [2.75, 3.05) is 72.8 Å².